The van der Waals surface area contributed by atoms with Crippen molar-refractivity contribution in [3.05, 3.63) is 28.6 Å². The molecule has 8 nitrogen and oxygen atoms in total. The quantitative estimate of drug-likeness (QED) is 0.393. The van der Waals surface area contributed by atoms with Gasteiger partial charge in [0.15, 0.2) is 6.61 Å². The minimum atomic E-state index is -0.903. The maximum atomic E-state index is 12.3. The molecule has 1 saturated carbocycles. The number of hydrogen-bond donors (Lipinski definition) is 2. The fourth-order valence-electron chi connectivity index (χ4n) is 3.94. The Hall–Kier alpha value is -3.08. The van der Waals surface area contributed by atoms with Crippen molar-refractivity contribution in [2.75, 3.05) is 6.61 Å². The average Bonchev–Trinajstić information content (AvgIpc) is 2.99. The number of carbonyl (C=O) groups excluding carboxylic acids is 3. The van der Waals surface area contributed by atoms with Gasteiger partial charge in [0.05, 0.1) is 0 Å². The van der Waals surface area contributed by atoms with E-state index in [-0.39, 0.29) is 11.6 Å². The molecule has 8 heteroatoms. The van der Waals surface area contributed by atoms with Crippen LogP contribution in [-0.4, -0.2) is 35.1 Å². The van der Waals surface area contributed by atoms with Crippen LogP contribution in [0.3, 0.4) is 0 Å². The van der Waals surface area contributed by atoms with Crippen molar-refractivity contribution in [3.8, 4) is 6.07 Å². The van der Waals surface area contributed by atoms with E-state index in [9.17, 15) is 19.6 Å². The summed E-state index contributed by atoms with van der Waals surface area (Å²) in [5.41, 5.74) is 2.54. The lowest BCUT2D eigenvalue weighted by atomic mass is 9.86. The number of aromatic nitrogens is 1. The Kier molecular flexibility index (Phi) is 8.86. The molecule has 1 aliphatic rings. The third kappa shape index (κ3) is 6.71. The molecule has 2 atom stereocenters. The summed E-state index contributed by atoms with van der Waals surface area (Å²) >= 11 is 0. The maximum Gasteiger partial charge on any atom is 0.349 e. The minimum absolute atomic E-state index is 0.0314. The van der Waals surface area contributed by atoms with Crippen molar-refractivity contribution >= 4 is 24.0 Å². The molecule has 1 aromatic rings. The van der Waals surface area contributed by atoms with Crippen LogP contribution >= 0.6 is 0 Å². The third-order valence-corrected chi connectivity index (χ3v) is 5.72. The summed E-state index contributed by atoms with van der Waals surface area (Å²) in [6.45, 7) is 8.25. The number of nitrogens with one attached hydrogen (secondary N) is 2. The number of nitriles is 1. The molecule has 168 valence electrons. The van der Waals surface area contributed by atoms with Crippen LogP contribution in [0.25, 0.3) is 6.08 Å². The summed E-state index contributed by atoms with van der Waals surface area (Å²) in [5, 5.41) is 14.3. The van der Waals surface area contributed by atoms with Crippen LogP contribution in [-0.2, 0) is 20.9 Å². The number of amides is 3. The van der Waals surface area contributed by atoms with E-state index < -0.39 is 24.5 Å². The molecule has 0 radical (unpaired) electrons. The van der Waals surface area contributed by atoms with Crippen LogP contribution in [0.5, 0.6) is 0 Å². The molecule has 2 rings (SSSR count). The van der Waals surface area contributed by atoms with E-state index in [1.165, 1.54) is 6.08 Å². The highest BCUT2D eigenvalue weighted by atomic mass is 16.5. The summed E-state index contributed by atoms with van der Waals surface area (Å²) in [6, 6.07) is 3.16. The number of rotatable bonds is 7. The SMILES string of the molecule is CCCn1c(C)cc(/C=C(\C#N)C(=O)OCC(=O)NC(=O)N[C@H]2CCCC[C@@H]2C)c1C. The van der Waals surface area contributed by atoms with Crippen LogP contribution in [0.15, 0.2) is 11.6 Å². The van der Waals surface area contributed by atoms with Gasteiger partial charge in [-0.3, -0.25) is 10.1 Å². The van der Waals surface area contributed by atoms with Gasteiger partial charge in [0.25, 0.3) is 5.91 Å². The van der Waals surface area contributed by atoms with Gasteiger partial charge < -0.3 is 14.6 Å². The molecule has 1 fully saturated rings. The molecule has 1 aromatic heterocycles. The minimum Gasteiger partial charge on any atom is -0.451 e. The van der Waals surface area contributed by atoms with Gasteiger partial charge in [-0.1, -0.05) is 26.7 Å². The van der Waals surface area contributed by atoms with Crippen LogP contribution in [0.2, 0.25) is 0 Å². The predicted molar refractivity (Wildman–Crippen MR) is 117 cm³/mol. The smallest absolute Gasteiger partial charge is 0.349 e. The Labute approximate surface area is 183 Å². The van der Waals surface area contributed by atoms with Gasteiger partial charge >= 0.3 is 12.0 Å². The topological polar surface area (TPSA) is 113 Å². The van der Waals surface area contributed by atoms with Crippen LogP contribution < -0.4 is 10.6 Å². The van der Waals surface area contributed by atoms with Crippen LogP contribution in [0.4, 0.5) is 4.79 Å². The first kappa shape index (κ1) is 24.2. The Bertz CT molecular complexity index is 894. The first-order valence-electron chi connectivity index (χ1n) is 10.8. The van der Waals surface area contributed by atoms with Crippen molar-refractivity contribution in [2.24, 2.45) is 5.92 Å². The summed E-state index contributed by atoms with van der Waals surface area (Å²) < 4.78 is 7.05. The second kappa shape index (κ2) is 11.3. The fraction of sp³-hybridized carbons (Fsp3) is 0.565. The number of ether oxygens (including phenoxy) is 1. The first-order chi connectivity index (χ1) is 14.8. The summed E-state index contributed by atoms with van der Waals surface area (Å²) in [7, 11) is 0. The lowest BCUT2D eigenvalue weighted by Gasteiger charge is -2.29. The number of urea groups is 1. The summed E-state index contributed by atoms with van der Waals surface area (Å²) in [4.78, 5) is 36.2. The largest absolute Gasteiger partial charge is 0.451 e. The van der Waals surface area contributed by atoms with E-state index in [1.807, 2.05) is 26.0 Å². The second-order valence-corrected chi connectivity index (χ2v) is 8.11. The molecular formula is C23H32N4O4. The van der Waals surface area contributed by atoms with Crippen molar-refractivity contribution in [1.29, 1.82) is 5.26 Å². The molecule has 0 saturated heterocycles. The number of nitrogens with zero attached hydrogens (tertiary/aromatic N) is 2. The molecular weight excluding hydrogens is 396 g/mol. The number of imide groups is 1. The third-order valence-electron chi connectivity index (χ3n) is 5.72. The Morgan fingerprint density at radius 3 is 2.65 bits per heavy atom. The molecule has 1 aliphatic carbocycles. The zero-order valence-electron chi connectivity index (χ0n) is 18.8. The lowest BCUT2D eigenvalue weighted by Crippen LogP contribution is -2.48. The van der Waals surface area contributed by atoms with Crippen LogP contribution in [0.1, 0.15) is 62.9 Å². The zero-order valence-corrected chi connectivity index (χ0v) is 18.8. The van der Waals surface area contributed by atoms with Crippen molar-refractivity contribution in [1.82, 2.24) is 15.2 Å². The van der Waals surface area contributed by atoms with E-state index in [0.717, 1.165) is 55.6 Å². The number of aryl methyl sites for hydroxylation is 1. The van der Waals surface area contributed by atoms with Gasteiger partial charge in [0, 0.05) is 24.0 Å². The first-order valence-corrected chi connectivity index (χ1v) is 10.8. The molecule has 0 unspecified atom stereocenters. The summed E-state index contributed by atoms with van der Waals surface area (Å²) in [6.07, 6.45) is 6.55. The van der Waals surface area contributed by atoms with Crippen LogP contribution in [0, 0.1) is 31.1 Å². The van der Waals surface area contributed by atoms with E-state index >= 15 is 0 Å². The van der Waals surface area contributed by atoms with E-state index in [2.05, 4.69) is 29.0 Å². The van der Waals surface area contributed by atoms with E-state index in [1.54, 1.807) is 0 Å². The fourth-order valence-corrected chi connectivity index (χ4v) is 3.94. The second-order valence-electron chi connectivity index (χ2n) is 8.11. The standard InChI is InChI=1S/C23H32N4O4/c1-5-10-27-16(3)11-18(17(27)4)12-19(13-24)22(29)31-14-21(28)26-23(30)25-20-9-7-6-8-15(20)2/h11-12,15,20H,5-10,14H2,1-4H3,(H2,25,26,28,30)/b19-12+/t15-,20-/m0/s1. The molecule has 2 N–H and O–H groups in total. The highest BCUT2D eigenvalue weighted by Crippen LogP contribution is 2.23. The van der Waals surface area contributed by atoms with Gasteiger partial charge in [0.1, 0.15) is 11.6 Å². The highest BCUT2D eigenvalue weighted by Gasteiger charge is 2.23. The van der Waals surface area contributed by atoms with E-state index in [0.29, 0.717) is 5.92 Å². The van der Waals surface area contributed by atoms with Gasteiger partial charge in [0.2, 0.25) is 0 Å². The molecule has 0 bridgehead atoms. The van der Waals surface area contributed by atoms with Gasteiger partial charge in [-0.25, -0.2) is 9.59 Å². The average molecular weight is 429 g/mol. The molecule has 1 heterocycles. The number of hydrogen-bond acceptors (Lipinski definition) is 5. The van der Waals surface area contributed by atoms with Gasteiger partial charge in [-0.15, -0.1) is 0 Å². The van der Waals surface area contributed by atoms with Crippen molar-refractivity contribution in [2.45, 2.75) is 72.4 Å². The molecule has 31 heavy (non-hydrogen) atoms. The predicted octanol–water partition coefficient (Wildman–Crippen LogP) is 3.37. The summed E-state index contributed by atoms with van der Waals surface area (Å²) in [5.74, 6) is -1.29. The molecule has 0 aromatic carbocycles. The zero-order chi connectivity index (χ0) is 23.0. The lowest BCUT2D eigenvalue weighted by molar-refractivity contribution is -0.144. The van der Waals surface area contributed by atoms with Gasteiger partial charge in [-0.05, 0) is 56.7 Å². The number of esters is 1. The maximum absolute atomic E-state index is 12.3. The Morgan fingerprint density at radius 2 is 2.00 bits per heavy atom. The van der Waals surface area contributed by atoms with Crippen molar-refractivity contribution < 1.29 is 19.1 Å². The monoisotopic (exact) mass is 428 g/mol. The van der Waals surface area contributed by atoms with Gasteiger partial charge in [-0.2, -0.15) is 5.26 Å². The highest BCUT2D eigenvalue weighted by molar-refractivity contribution is 6.00. The normalized spacial score (nSPS) is 18.7. The number of carbonyl (C=O) groups is 3. The molecule has 0 aliphatic heterocycles. The van der Waals surface area contributed by atoms with Crippen molar-refractivity contribution in [3.63, 3.8) is 0 Å². The molecule has 3 amide bonds. The molecule has 0 spiro atoms. The Balaban J connectivity index is 1.90. The van der Waals surface area contributed by atoms with E-state index in [4.69, 9.17) is 4.74 Å². The Morgan fingerprint density at radius 1 is 1.29 bits per heavy atom.